The zero-order chi connectivity index (χ0) is 35.3. The predicted octanol–water partition coefficient (Wildman–Crippen LogP) is 7.38. The van der Waals surface area contributed by atoms with Gasteiger partial charge in [-0.05, 0) is 114 Å². The second kappa shape index (κ2) is 13.2. The molecular weight excluding hydrogens is 652 g/mol. The molecular formula is C44H40N2O6. The van der Waals surface area contributed by atoms with E-state index >= 15 is 0 Å². The molecule has 0 saturated heterocycles. The van der Waals surface area contributed by atoms with Gasteiger partial charge in [0.15, 0.2) is 11.5 Å². The van der Waals surface area contributed by atoms with Crippen LogP contribution in [0.5, 0.6) is 17.2 Å². The number of fused-ring (bicyclic) bond motifs is 8. The normalized spacial score (nSPS) is 18.3. The summed E-state index contributed by atoms with van der Waals surface area (Å²) in [5, 5.41) is 10.3. The third-order valence-electron chi connectivity index (χ3n) is 11.2. The number of hydrogen-bond donors (Lipinski definition) is 1. The van der Waals surface area contributed by atoms with Crippen LogP contribution in [-0.4, -0.2) is 36.1 Å². The molecule has 262 valence electrons. The van der Waals surface area contributed by atoms with Crippen LogP contribution >= 0.6 is 0 Å². The van der Waals surface area contributed by atoms with E-state index in [9.17, 15) is 14.7 Å². The molecule has 2 amide bonds. The van der Waals surface area contributed by atoms with E-state index in [1.54, 1.807) is 7.11 Å². The van der Waals surface area contributed by atoms with Gasteiger partial charge in [-0.1, -0.05) is 54.6 Å². The van der Waals surface area contributed by atoms with Crippen molar-refractivity contribution in [3.8, 4) is 17.2 Å². The molecule has 4 heterocycles. The van der Waals surface area contributed by atoms with Gasteiger partial charge in [0, 0.05) is 40.1 Å². The number of benzene rings is 5. The summed E-state index contributed by atoms with van der Waals surface area (Å²) < 4.78 is 18.4. The van der Waals surface area contributed by atoms with Crippen molar-refractivity contribution in [1.82, 2.24) is 0 Å². The highest BCUT2D eigenvalue weighted by Gasteiger charge is 2.39. The first-order chi connectivity index (χ1) is 25.5. The first-order valence-electron chi connectivity index (χ1n) is 18.1. The lowest BCUT2D eigenvalue weighted by Gasteiger charge is -2.23. The summed E-state index contributed by atoms with van der Waals surface area (Å²) >= 11 is 0. The van der Waals surface area contributed by atoms with Gasteiger partial charge in [-0.3, -0.25) is 9.59 Å². The molecule has 4 aliphatic heterocycles. The topological polar surface area (TPSA) is 88.5 Å². The molecule has 0 bridgehead atoms. The van der Waals surface area contributed by atoms with Crippen LogP contribution < -0.4 is 24.0 Å². The van der Waals surface area contributed by atoms with Gasteiger partial charge in [-0.15, -0.1) is 0 Å². The molecule has 8 heteroatoms. The number of para-hydroxylation sites is 2. The average Bonchev–Trinajstić information content (AvgIpc) is 3.67. The number of aliphatic hydroxyl groups excluding tert-OH is 1. The van der Waals surface area contributed by atoms with Gasteiger partial charge in [0.2, 0.25) is 0 Å². The standard InChI is InChI=1S/C44H40N2O6/c1-50-41-23-37-30(14-16-35-19-32-10-3-5-12-39(32)46(35)44(37)49)22-42(41)52-26-28-8-6-7-27(17-28)25-51-40-21-29-13-15-34-18-31-9-2-4-11-38(31)45(34)43(48)36(29)20-33(40)24-47/h2-12,17,20-23,34-35,47H,13-16,18-19,24-26H2,1H3/t34-,35-/m1/s1. The molecule has 5 aromatic carbocycles. The number of aliphatic hydroxyl groups is 1. The van der Waals surface area contributed by atoms with Crippen molar-refractivity contribution in [1.29, 1.82) is 0 Å². The summed E-state index contributed by atoms with van der Waals surface area (Å²) in [6.07, 6.45) is 5.03. The highest BCUT2D eigenvalue weighted by molar-refractivity contribution is 6.10. The lowest BCUT2D eigenvalue weighted by atomic mass is 9.98. The molecule has 0 saturated carbocycles. The van der Waals surface area contributed by atoms with Gasteiger partial charge in [-0.25, -0.2) is 0 Å². The maximum Gasteiger partial charge on any atom is 0.258 e. The number of methoxy groups -OCH3 is 1. The lowest BCUT2D eigenvalue weighted by molar-refractivity contribution is 0.0973. The molecule has 8 nitrogen and oxygen atoms in total. The Labute approximate surface area is 303 Å². The Morgan fingerprint density at radius 1 is 0.615 bits per heavy atom. The zero-order valence-corrected chi connectivity index (χ0v) is 29.1. The van der Waals surface area contributed by atoms with E-state index < -0.39 is 0 Å². The van der Waals surface area contributed by atoms with Crippen LogP contribution in [0.15, 0.2) is 97.1 Å². The molecule has 0 aromatic heterocycles. The van der Waals surface area contributed by atoms with Crippen molar-refractivity contribution in [2.24, 2.45) is 0 Å². The van der Waals surface area contributed by atoms with Crippen molar-refractivity contribution in [2.75, 3.05) is 16.9 Å². The number of rotatable bonds is 8. The molecule has 4 aliphatic rings. The van der Waals surface area contributed by atoms with Crippen LogP contribution in [-0.2, 0) is 45.5 Å². The van der Waals surface area contributed by atoms with Crippen LogP contribution in [0, 0.1) is 0 Å². The van der Waals surface area contributed by atoms with Crippen molar-refractivity contribution >= 4 is 23.2 Å². The number of carbonyl (C=O) groups is 2. The van der Waals surface area contributed by atoms with E-state index in [4.69, 9.17) is 14.2 Å². The monoisotopic (exact) mass is 692 g/mol. The summed E-state index contributed by atoms with van der Waals surface area (Å²) in [6.45, 7) is 0.369. The van der Waals surface area contributed by atoms with Crippen molar-refractivity contribution in [2.45, 2.75) is 70.4 Å². The number of ether oxygens (including phenoxy) is 3. The summed E-state index contributed by atoms with van der Waals surface area (Å²) in [5.74, 6) is 1.72. The SMILES string of the molecule is COc1cc2c(cc1OCc1cccc(COc3cc4c(cc3CO)C(=O)N3c5ccccc5C[C@H]3CC4)c1)CC[C@@H]1Cc3ccccc3N1C2=O. The van der Waals surface area contributed by atoms with Crippen molar-refractivity contribution < 1.29 is 28.9 Å². The second-order valence-corrected chi connectivity index (χ2v) is 14.2. The molecule has 1 N–H and O–H groups in total. The fraction of sp³-hybridized carbons (Fsp3) is 0.273. The number of amides is 2. The highest BCUT2D eigenvalue weighted by atomic mass is 16.5. The molecule has 5 aromatic rings. The Bertz CT molecular complexity index is 2080. The van der Waals surface area contributed by atoms with Gasteiger partial charge >= 0.3 is 0 Å². The first-order valence-corrected chi connectivity index (χ1v) is 18.1. The molecule has 0 radical (unpaired) electrons. The minimum Gasteiger partial charge on any atom is -0.493 e. The van der Waals surface area contributed by atoms with E-state index in [1.165, 1.54) is 11.1 Å². The molecule has 9 rings (SSSR count). The van der Waals surface area contributed by atoms with E-state index in [2.05, 4.69) is 12.1 Å². The highest BCUT2D eigenvalue weighted by Crippen LogP contribution is 2.42. The summed E-state index contributed by atoms with van der Waals surface area (Å²) in [4.78, 5) is 31.6. The summed E-state index contributed by atoms with van der Waals surface area (Å²) in [7, 11) is 1.60. The fourth-order valence-electron chi connectivity index (χ4n) is 8.58. The number of anilines is 2. The van der Waals surface area contributed by atoms with E-state index in [-0.39, 0.29) is 30.5 Å². The Balaban J connectivity index is 0.898. The molecule has 0 aliphatic carbocycles. The number of nitrogens with zero attached hydrogens (tertiary/aromatic N) is 2. The molecule has 0 unspecified atom stereocenters. The third kappa shape index (κ3) is 5.58. The Kier molecular flexibility index (Phi) is 8.19. The number of hydrogen-bond acceptors (Lipinski definition) is 6. The summed E-state index contributed by atoms with van der Waals surface area (Å²) in [5.41, 5.74) is 10.2. The lowest BCUT2D eigenvalue weighted by Crippen LogP contribution is -2.36. The predicted molar refractivity (Wildman–Crippen MR) is 199 cm³/mol. The second-order valence-electron chi connectivity index (χ2n) is 14.2. The maximum atomic E-state index is 13.9. The van der Waals surface area contributed by atoms with Crippen LogP contribution in [0.2, 0.25) is 0 Å². The van der Waals surface area contributed by atoms with Gasteiger partial charge in [0.25, 0.3) is 11.8 Å². The van der Waals surface area contributed by atoms with E-state index in [0.717, 1.165) is 72.2 Å². The quantitative estimate of drug-likeness (QED) is 0.183. The third-order valence-corrected chi connectivity index (χ3v) is 11.2. The Morgan fingerprint density at radius 3 is 1.73 bits per heavy atom. The summed E-state index contributed by atoms with van der Waals surface area (Å²) in [6, 6.07) is 32.2. The average molecular weight is 693 g/mol. The Hall–Kier alpha value is -5.60. The van der Waals surface area contributed by atoms with Gasteiger partial charge < -0.3 is 29.1 Å². The van der Waals surface area contributed by atoms with E-state index in [1.807, 2.05) is 94.7 Å². The van der Waals surface area contributed by atoms with Crippen LogP contribution in [0.25, 0.3) is 0 Å². The Morgan fingerprint density at radius 2 is 1.15 bits per heavy atom. The van der Waals surface area contributed by atoms with Gasteiger partial charge in [-0.2, -0.15) is 0 Å². The largest absolute Gasteiger partial charge is 0.493 e. The molecule has 0 fully saturated rings. The molecule has 0 spiro atoms. The van der Waals surface area contributed by atoms with Gasteiger partial charge in [0.05, 0.1) is 13.7 Å². The van der Waals surface area contributed by atoms with Crippen molar-refractivity contribution in [3.05, 3.63) is 147 Å². The number of carbonyl (C=O) groups excluding carboxylic acids is 2. The fourth-order valence-corrected chi connectivity index (χ4v) is 8.58. The smallest absolute Gasteiger partial charge is 0.258 e. The van der Waals surface area contributed by atoms with Crippen LogP contribution in [0.1, 0.15) is 72.5 Å². The minimum atomic E-state index is -0.232. The van der Waals surface area contributed by atoms with Gasteiger partial charge in [0.1, 0.15) is 19.0 Å². The molecule has 52 heavy (non-hydrogen) atoms. The van der Waals surface area contributed by atoms with Crippen molar-refractivity contribution in [3.63, 3.8) is 0 Å². The first kappa shape index (κ1) is 32.3. The van der Waals surface area contributed by atoms with Crippen LogP contribution in [0.3, 0.4) is 0 Å². The zero-order valence-electron chi connectivity index (χ0n) is 29.1. The van der Waals surface area contributed by atoms with E-state index in [0.29, 0.717) is 47.2 Å². The molecule has 2 atom stereocenters. The maximum absolute atomic E-state index is 13.9. The number of aryl methyl sites for hydroxylation is 2. The minimum absolute atomic E-state index is 0.0107. The van der Waals surface area contributed by atoms with Crippen LogP contribution in [0.4, 0.5) is 11.4 Å².